The molecule has 1 fully saturated rings. The van der Waals surface area contributed by atoms with E-state index in [9.17, 15) is 9.59 Å². The number of aromatic nitrogens is 2. The Morgan fingerprint density at radius 3 is 2.58 bits per heavy atom. The topological polar surface area (TPSA) is 72.6 Å². The zero-order chi connectivity index (χ0) is 18.5. The van der Waals surface area contributed by atoms with Gasteiger partial charge in [-0.3, -0.25) is 14.3 Å². The molecule has 2 aromatic rings. The van der Waals surface area contributed by atoms with Crippen LogP contribution in [0, 0.1) is 12.8 Å². The molecule has 1 aromatic heterocycles. The van der Waals surface area contributed by atoms with Crippen molar-refractivity contribution >= 4 is 11.6 Å². The van der Waals surface area contributed by atoms with E-state index in [4.69, 9.17) is 0 Å². The van der Waals surface area contributed by atoms with Gasteiger partial charge in [0.15, 0.2) is 6.54 Å². The van der Waals surface area contributed by atoms with Crippen LogP contribution in [0.2, 0.25) is 0 Å². The number of hydrogen-bond donors (Lipinski definition) is 2. The third-order valence-corrected chi connectivity index (χ3v) is 5.37. The Morgan fingerprint density at radius 2 is 1.88 bits per heavy atom. The quantitative estimate of drug-likeness (QED) is 0.824. The molecule has 0 saturated heterocycles. The van der Waals surface area contributed by atoms with Crippen molar-refractivity contribution in [2.75, 3.05) is 18.4 Å². The first kappa shape index (κ1) is 18.5. The Balaban J connectivity index is 1.64. The molecule has 0 bridgehead atoms. The molecule has 140 valence electrons. The minimum Gasteiger partial charge on any atom is -0.338 e. The molecule has 26 heavy (non-hydrogen) atoms. The zero-order valence-electron chi connectivity index (χ0n) is 15.7. The molecule has 1 aliphatic carbocycles. The third kappa shape index (κ3) is 4.07. The Bertz CT molecular complexity index is 801. The van der Waals surface area contributed by atoms with Gasteiger partial charge in [-0.05, 0) is 31.9 Å². The molecule has 0 radical (unpaired) electrons. The molecule has 1 saturated carbocycles. The number of quaternary nitrogens is 1. The van der Waals surface area contributed by atoms with Crippen LogP contribution in [0.4, 0.5) is 5.69 Å². The first-order valence-electron chi connectivity index (χ1n) is 9.53. The molecular formula is C20H29N4O2+. The Hall–Kier alpha value is -2.34. The minimum absolute atomic E-state index is 0.119. The third-order valence-electron chi connectivity index (χ3n) is 5.37. The van der Waals surface area contributed by atoms with E-state index in [0.29, 0.717) is 12.2 Å². The van der Waals surface area contributed by atoms with Crippen LogP contribution in [0.5, 0.6) is 0 Å². The maximum absolute atomic E-state index is 12.8. The Kier molecular flexibility index (Phi) is 5.93. The number of hydrogen-bond acceptors (Lipinski definition) is 2. The van der Waals surface area contributed by atoms with E-state index in [1.165, 1.54) is 32.1 Å². The van der Waals surface area contributed by atoms with Crippen LogP contribution in [-0.2, 0) is 11.8 Å². The van der Waals surface area contributed by atoms with Gasteiger partial charge in [-0.25, -0.2) is 4.68 Å². The number of para-hydroxylation sites is 1. The van der Waals surface area contributed by atoms with Crippen LogP contribution < -0.4 is 16.2 Å². The summed E-state index contributed by atoms with van der Waals surface area (Å²) in [5.41, 5.74) is 1.70. The van der Waals surface area contributed by atoms with Crippen LogP contribution in [0.25, 0.3) is 5.69 Å². The van der Waals surface area contributed by atoms with E-state index in [1.807, 2.05) is 44.3 Å². The minimum atomic E-state index is -0.197. The first-order valence-corrected chi connectivity index (χ1v) is 9.53. The van der Waals surface area contributed by atoms with Crippen molar-refractivity contribution < 1.29 is 10.1 Å². The molecule has 6 nitrogen and oxygen atoms in total. The van der Waals surface area contributed by atoms with Gasteiger partial charge in [-0.2, -0.15) is 0 Å². The molecule has 3 N–H and O–H groups in total. The molecule has 0 atom stereocenters. The van der Waals surface area contributed by atoms with E-state index in [-0.39, 0.29) is 11.5 Å². The smallest absolute Gasteiger partial charge is 0.295 e. The average molecular weight is 357 g/mol. The molecule has 1 aromatic carbocycles. The summed E-state index contributed by atoms with van der Waals surface area (Å²) in [6.07, 6.45) is 6.52. The summed E-state index contributed by atoms with van der Waals surface area (Å²) in [5, 5.41) is 4.89. The van der Waals surface area contributed by atoms with Gasteiger partial charge in [0.25, 0.3) is 11.5 Å². The zero-order valence-corrected chi connectivity index (χ0v) is 15.7. The molecule has 6 heteroatoms. The van der Waals surface area contributed by atoms with Crippen molar-refractivity contribution in [1.82, 2.24) is 9.36 Å². The van der Waals surface area contributed by atoms with Gasteiger partial charge in [0, 0.05) is 13.0 Å². The second-order valence-corrected chi connectivity index (χ2v) is 7.22. The van der Waals surface area contributed by atoms with Crippen LogP contribution in [-0.4, -0.2) is 28.4 Å². The number of benzene rings is 1. The monoisotopic (exact) mass is 357 g/mol. The van der Waals surface area contributed by atoms with Gasteiger partial charge in [-0.1, -0.05) is 37.5 Å². The summed E-state index contributed by atoms with van der Waals surface area (Å²) in [6.45, 7) is 3.20. The SMILES string of the molecule is Cc1c(NC(=O)C[NH2+]CC2CCCCC2)c(=O)n(-c2ccccc2)n1C. The van der Waals surface area contributed by atoms with Crippen molar-refractivity contribution in [1.29, 1.82) is 0 Å². The predicted molar refractivity (Wildman–Crippen MR) is 103 cm³/mol. The highest BCUT2D eigenvalue weighted by atomic mass is 16.2. The van der Waals surface area contributed by atoms with Gasteiger partial charge in [-0.15, -0.1) is 0 Å². The van der Waals surface area contributed by atoms with E-state index in [0.717, 1.165) is 23.8 Å². The molecule has 1 amide bonds. The average Bonchev–Trinajstić information content (AvgIpc) is 2.87. The number of nitrogens with zero attached hydrogens (tertiary/aromatic N) is 2. The summed E-state index contributed by atoms with van der Waals surface area (Å²) in [7, 11) is 1.83. The lowest BCUT2D eigenvalue weighted by molar-refractivity contribution is -0.649. The fourth-order valence-electron chi connectivity index (χ4n) is 3.78. The van der Waals surface area contributed by atoms with Crippen LogP contribution >= 0.6 is 0 Å². The summed E-state index contributed by atoms with van der Waals surface area (Å²) in [5.74, 6) is 0.608. The Labute approximate surface area is 154 Å². The van der Waals surface area contributed by atoms with Crippen molar-refractivity contribution in [2.45, 2.75) is 39.0 Å². The summed E-state index contributed by atoms with van der Waals surface area (Å²) >= 11 is 0. The fraction of sp³-hybridized carbons (Fsp3) is 0.500. The number of carbonyl (C=O) groups is 1. The molecule has 1 heterocycles. The maximum atomic E-state index is 12.8. The number of rotatable bonds is 6. The second kappa shape index (κ2) is 8.36. The highest BCUT2D eigenvalue weighted by Gasteiger charge is 2.19. The number of nitrogens with one attached hydrogen (secondary N) is 1. The standard InChI is InChI=1S/C20H28N4O2/c1-15-19(20(26)24(23(15)2)17-11-7-4-8-12-17)22-18(25)14-21-13-16-9-5-3-6-10-16/h4,7-8,11-12,16,21H,3,5-6,9-10,13-14H2,1-2H3,(H,22,25)/p+1. The lowest BCUT2D eigenvalue weighted by atomic mass is 9.89. The normalized spacial score (nSPS) is 15.2. The van der Waals surface area contributed by atoms with E-state index in [2.05, 4.69) is 10.6 Å². The molecule has 3 rings (SSSR count). The number of amides is 1. The molecule has 1 aliphatic rings. The lowest BCUT2D eigenvalue weighted by Gasteiger charge is -2.19. The summed E-state index contributed by atoms with van der Waals surface area (Å²) in [4.78, 5) is 25.1. The molecule has 0 unspecified atom stereocenters. The number of carbonyl (C=O) groups excluding carboxylic acids is 1. The van der Waals surface area contributed by atoms with Crippen molar-refractivity contribution in [3.05, 3.63) is 46.4 Å². The fourth-order valence-corrected chi connectivity index (χ4v) is 3.78. The summed E-state index contributed by atoms with van der Waals surface area (Å²) < 4.78 is 3.36. The van der Waals surface area contributed by atoms with Gasteiger partial charge in [0.05, 0.1) is 17.9 Å². The molecule has 0 aliphatic heterocycles. The van der Waals surface area contributed by atoms with E-state index < -0.39 is 0 Å². The second-order valence-electron chi connectivity index (χ2n) is 7.22. The van der Waals surface area contributed by atoms with Gasteiger partial charge in [0.1, 0.15) is 5.69 Å². The van der Waals surface area contributed by atoms with Crippen LogP contribution in [0.3, 0.4) is 0 Å². The Morgan fingerprint density at radius 1 is 1.19 bits per heavy atom. The van der Waals surface area contributed by atoms with Gasteiger partial charge < -0.3 is 10.6 Å². The summed E-state index contributed by atoms with van der Waals surface area (Å²) in [6, 6.07) is 9.45. The van der Waals surface area contributed by atoms with E-state index in [1.54, 1.807) is 9.36 Å². The largest absolute Gasteiger partial charge is 0.338 e. The maximum Gasteiger partial charge on any atom is 0.295 e. The predicted octanol–water partition coefficient (Wildman–Crippen LogP) is 1.57. The van der Waals surface area contributed by atoms with Gasteiger partial charge in [0.2, 0.25) is 0 Å². The lowest BCUT2D eigenvalue weighted by Crippen LogP contribution is -2.87. The van der Waals surface area contributed by atoms with Crippen molar-refractivity contribution in [3.8, 4) is 5.69 Å². The van der Waals surface area contributed by atoms with E-state index >= 15 is 0 Å². The highest BCUT2D eigenvalue weighted by Crippen LogP contribution is 2.21. The first-order chi connectivity index (χ1) is 12.6. The van der Waals surface area contributed by atoms with Crippen molar-refractivity contribution in [2.24, 2.45) is 13.0 Å². The van der Waals surface area contributed by atoms with Crippen LogP contribution in [0.15, 0.2) is 35.1 Å². The molecule has 0 spiro atoms. The number of anilines is 1. The van der Waals surface area contributed by atoms with Crippen LogP contribution in [0.1, 0.15) is 37.8 Å². The molecular weight excluding hydrogens is 328 g/mol. The van der Waals surface area contributed by atoms with Gasteiger partial charge >= 0.3 is 0 Å². The number of nitrogens with two attached hydrogens (primary N) is 1. The van der Waals surface area contributed by atoms with Crippen molar-refractivity contribution in [3.63, 3.8) is 0 Å². The highest BCUT2D eigenvalue weighted by molar-refractivity contribution is 5.91.